The Labute approximate surface area is 156 Å². The minimum absolute atomic E-state index is 0.0532. The van der Waals surface area contributed by atoms with Gasteiger partial charge in [0, 0.05) is 43.7 Å². The number of nitrogens with one attached hydrogen (secondary N) is 1. The van der Waals surface area contributed by atoms with Crippen LogP contribution in [0.4, 0.5) is 5.13 Å². The summed E-state index contributed by atoms with van der Waals surface area (Å²) in [4.78, 5) is 20.1. The largest absolute Gasteiger partial charge is 0.354 e. The maximum atomic E-state index is 12.2. The molecule has 6 nitrogen and oxygen atoms in total. The predicted octanol–water partition coefficient (Wildman–Crippen LogP) is 2.61. The molecule has 1 N–H and O–H groups in total. The monoisotopic (exact) mass is 367 g/mol. The fourth-order valence-electron chi connectivity index (χ4n) is 3.18. The maximum Gasteiger partial charge on any atom is 0.221 e. The molecule has 0 saturated heterocycles. The normalized spacial score (nSPS) is 16.7. The SMILES string of the molecule is CN(C)c1nc2c(s1)[C@H](c1ccc(Cn3cccn3)cc1)CC(=O)NC2. The molecule has 1 aliphatic heterocycles. The lowest BCUT2D eigenvalue weighted by molar-refractivity contribution is -0.121. The maximum absolute atomic E-state index is 12.2. The molecule has 3 aromatic rings. The van der Waals surface area contributed by atoms with Gasteiger partial charge in [-0.2, -0.15) is 5.10 Å². The molecule has 0 unspecified atom stereocenters. The van der Waals surface area contributed by atoms with Gasteiger partial charge < -0.3 is 10.2 Å². The fourth-order valence-corrected chi connectivity index (χ4v) is 4.31. The molecule has 7 heteroatoms. The first-order chi connectivity index (χ1) is 12.6. The van der Waals surface area contributed by atoms with Crippen molar-refractivity contribution in [3.05, 3.63) is 64.4 Å². The molecule has 0 aliphatic carbocycles. The van der Waals surface area contributed by atoms with Gasteiger partial charge in [0.2, 0.25) is 5.91 Å². The van der Waals surface area contributed by atoms with E-state index in [4.69, 9.17) is 4.98 Å². The van der Waals surface area contributed by atoms with Crippen LogP contribution in [0.15, 0.2) is 42.7 Å². The Balaban J connectivity index is 1.64. The van der Waals surface area contributed by atoms with Gasteiger partial charge >= 0.3 is 0 Å². The molecule has 1 aromatic carbocycles. The van der Waals surface area contributed by atoms with E-state index >= 15 is 0 Å². The lowest BCUT2D eigenvalue weighted by Gasteiger charge is -2.14. The van der Waals surface area contributed by atoms with Crippen molar-refractivity contribution in [1.29, 1.82) is 0 Å². The van der Waals surface area contributed by atoms with Crippen LogP contribution in [0.5, 0.6) is 0 Å². The summed E-state index contributed by atoms with van der Waals surface area (Å²) < 4.78 is 1.90. The number of nitrogens with zero attached hydrogens (tertiary/aromatic N) is 4. The predicted molar refractivity (Wildman–Crippen MR) is 103 cm³/mol. The van der Waals surface area contributed by atoms with E-state index in [9.17, 15) is 4.79 Å². The van der Waals surface area contributed by atoms with Gasteiger partial charge in [0.25, 0.3) is 0 Å². The summed E-state index contributed by atoms with van der Waals surface area (Å²) in [6, 6.07) is 10.4. The number of hydrogen-bond donors (Lipinski definition) is 1. The van der Waals surface area contributed by atoms with Crippen LogP contribution >= 0.6 is 11.3 Å². The second-order valence-electron chi connectivity index (χ2n) is 6.68. The highest BCUT2D eigenvalue weighted by Gasteiger charge is 2.28. The van der Waals surface area contributed by atoms with Crippen molar-refractivity contribution in [2.45, 2.75) is 25.4 Å². The van der Waals surface area contributed by atoms with Gasteiger partial charge in [-0.05, 0) is 17.2 Å². The number of carbonyl (C=O) groups is 1. The first-order valence-electron chi connectivity index (χ1n) is 8.60. The van der Waals surface area contributed by atoms with Gasteiger partial charge in [0.05, 0.1) is 18.8 Å². The van der Waals surface area contributed by atoms with Crippen LogP contribution in [0.25, 0.3) is 0 Å². The summed E-state index contributed by atoms with van der Waals surface area (Å²) in [5.41, 5.74) is 3.32. The molecule has 0 bridgehead atoms. The van der Waals surface area contributed by atoms with Crippen molar-refractivity contribution in [1.82, 2.24) is 20.1 Å². The van der Waals surface area contributed by atoms with Gasteiger partial charge in [-0.1, -0.05) is 24.3 Å². The van der Waals surface area contributed by atoms with Crippen LogP contribution < -0.4 is 10.2 Å². The number of amides is 1. The molecular formula is C19H21N5OS. The van der Waals surface area contributed by atoms with Crippen LogP contribution in [0, 0.1) is 0 Å². The smallest absolute Gasteiger partial charge is 0.221 e. The number of anilines is 1. The van der Waals surface area contributed by atoms with Crippen molar-refractivity contribution >= 4 is 22.4 Å². The number of aromatic nitrogens is 3. The first kappa shape index (κ1) is 16.8. The third-order valence-electron chi connectivity index (χ3n) is 4.54. The zero-order valence-electron chi connectivity index (χ0n) is 14.8. The quantitative estimate of drug-likeness (QED) is 0.770. The van der Waals surface area contributed by atoms with E-state index in [1.807, 2.05) is 35.9 Å². The molecule has 2 aromatic heterocycles. The van der Waals surface area contributed by atoms with Crippen molar-refractivity contribution in [2.24, 2.45) is 0 Å². The molecule has 26 heavy (non-hydrogen) atoms. The molecule has 0 saturated carbocycles. The second-order valence-corrected chi connectivity index (χ2v) is 7.69. The van der Waals surface area contributed by atoms with Crippen LogP contribution in [0.2, 0.25) is 0 Å². The number of fused-ring (bicyclic) bond motifs is 1. The minimum Gasteiger partial charge on any atom is -0.354 e. The highest BCUT2D eigenvalue weighted by molar-refractivity contribution is 7.15. The summed E-state index contributed by atoms with van der Waals surface area (Å²) in [5.74, 6) is 0.129. The Hall–Kier alpha value is -2.67. The van der Waals surface area contributed by atoms with Crippen molar-refractivity contribution in [3.8, 4) is 0 Å². The lowest BCUT2D eigenvalue weighted by Crippen LogP contribution is -2.21. The van der Waals surface area contributed by atoms with Crippen molar-refractivity contribution < 1.29 is 4.79 Å². The summed E-state index contributed by atoms with van der Waals surface area (Å²) in [5, 5.41) is 8.19. The average Bonchev–Trinajstić information content (AvgIpc) is 3.26. The Kier molecular flexibility index (Phi) is 4.46. The van der Waals surface area contributed by atoms with E-state index in [-0.39, 0.29) is 11.8 Å². The second kappa shape index (κ2) is 6.92. The van der Waals surface area contributed by atoms with E-state index in [2.05, 4.69) is 34.7 Å². The van der Waals surface area contributed by atoms with Crippen LogP contribution in [0.1, 0.15) is 34.0 Å². The Morgan fingerprint density at radius 2 is 2.12 bits per heavy atom. The summed E-state index contributed by atoms with van der Waals surface area (Å²) >= 11 is 1.68. The third kappa shape index (κ3) is 3.35. The highest BCUT2D eigenvalue weighted by Crippen LogP contribution is 2.38. The molecule has 1 amide bonds. The van der Waals surface area contributed by atoms with Gasteiger partial charge in [-0.3, -0.25) is 9.48 Å². The van der Waals surface area contributed by atoms with Gasteiger partial charge in [0.15, 0.2) is 5.13 Å². The first-order valence-corrected chi connectivity index (χ1v) is 9.41. The standard InChI is InChI=1S/C19H21N5OS/c1-23(2)19-22-16-11-20-17(25)10-15(18(16)26-19)14-6-4-13(5-7-14)12-24-9-3-8-21-24/h3-9,15H,10-12H2,1-2H3,(H,20,25)/t15-/m0/s1. The van der Waals surface area contributed by atoms with Crippen molar-refractivity contribution in [2.75, 3.05) is 19.0 Å². The topological polar surface area (TPSA) is 63.1 Å². The van der Waals surface area contributed by atoms with Gasteiger partial charge in [-0.15, -0.1) is 11.3 Å². The molecule has 3 heterocycles. The zero-order valence-corrected chi connectivity index (χ0v) is 15.7. The van der Waals surface area contributed by atoms with E-state index in [1.54, 1.807) is 17.5 Å². The fraction of sp³-hybridized carbons (Fsp3) is 0.316. The van der Waals surface area contributed by atoms with Crippen molar-refractivity contribution in [3.63, 3.8) is 0 Å². The molecule has 4 rings (SSSR count). The third-order valence-corrected chi connectivity index (χ3v) is 5.92. The highest BCUT2D eigenvalue weighted by atomic mass is 32.1. The van der Waals surface area contributed by atoms with E-state index < -0.39 is 0 Å². The Morgan fingerprint density at radius 3 is 2.81 bits per heavy atom. The number of benzene rings is 1. The van der Waals surface area contributed by atoms with Crippen LogP contribution in [-0.2, 0) is 17.9 Å². The minimum atomic E-state index is 0.0532. The molecular weight excluding hydrogens is 346 g/mol. The molecule has 1 aliphatic rings. The average molecular weight is 367 g/mol. The molecule has 0 radical (unpaired) electrons. The molecule has 134 valence electrons. The molecule has 1 atom stereocenters. The molecule has 0 fully saturated rings. The van der Waals surface area contributed by atoms with E-state index in [0.29, 0.717) is 13.0 Å². The Morgan fingerprint density at radius 1 is 1.31 bits per heavy atom. The summed E-state index contributed by atoms with van der Waals surface area (Å²) in [7, 11) is 3.99. The summed E-state index contributed by atoms with van der Waals surface area (Å²) in [6.07, 6.45) is 4.20. The Bertz CT molecular complexity index is 899. The number of carbonyl (C=O) groups excluding carboxylic acids is 1. The van der Waals surface area contributed by atoms with Gasteiger partial charge in [0.1, 0.15) is 0 Å². The summed E-state index contributed by atoms with van der Waals surface area (Å²) in [6.45, 7) is 1.25. The van der Waals surface area contributed by atoms with Crippen LogP contribution in [-0.4, -0.2) is 34.8 Å². The van der Waals surface area contributed by atoms with E-state index in [1.165, 1.54) is 10.4 Å². The number of thiazole rings is 1. The number of rotatable bonds is 4. The zero-order chi connectivity index (χ0) is 18.1. The van der Waals surface area contributed by atoms with E-state index in [0.717, 1.165) is 22.9 Å². The van der Waals surface area contributed by atoms with Crippen LogP contribution in [0.3, 0.4) is 0 Å². The molecule has 0 spiro atoms. The van der Waals surface area contributed by atoms with Gasteiger partial charge in [-0.25, -0.2) is 4.98 Å². The number of hydrogen-bond acceptors (Lipinski definition) is 5. The lowest BCUT2D eigenvalue weighted by atomic mass is 9.93.